The van der Waals surface area contributed by atoms with E-state index in [1.54, 1.807) is 13.8 Å². The van der Waals surface area contributed by atoms with Gasteiger partial charge in [0.2, 0.25) is 0 Å². The number of rotatable bonds is 5. The van der Waals surface area contributed by atoms with E-state index in [0.29, 0.717) is 11.3 Å². The number of aromatic nitrogens is 1. The van der Waals surface area contributed by atoms with Crippen LogP contribution in [0.1, 0.15) is 41.4 Å². The van der Waals surface area contributed by atoms with Gasteiger partial charge in [-0.2, -0.15) is 13.2 Å². The topological polar surface area (TPSA) is 48.3 Å². The number of aryl methyl sites for hydroxylation is 1. The maximum absolute atomic E-state index is 12.2. The molecule has 0 atom stereocenters. The van der Waals surface area contributed by atoms with Crippen LogP contribution in [0.5, 0.6) is 0 Å². The minimum absolute atomic E-state index is 0.0864. The second-order valence-electron chi connectivity index (χ2n) is 4.72. The Labute approximate surface area is 120 Å². The fourth-order valence-corrected chi connectivity index (χ4v) is 2.15. The highest BCUT2D eigenvalue weighted by atomic mass is 19.4. The number of carbonyl (C=O) groups excluding carboxylic acids is 1. The molecule has 0 bridgehead atoms. The number of pyridine rings is 1. The van der Waals surface area contributed by atoms with E-state index in [0.717, 1.165) is 0 Å². The molecule has 0 spiro atoms. The van der Waals surface area contributed by atoms with E-state index in [9.17, 15) is 22.8 Å². The number of hydrogen-bond acceptors (Lipinski definition) is 3. The zero-order valence-electron chi connectivity index (χ0n) is 12.2. The third-order valence-electron chi connectivity index (χ3n) is 3.09. The maximum Gasteiger partial charge on any atom is 0.389 e. The molecular weight excluding hydrogens is 287 g/mol. The molecule has 1 heterocycles. The number of ether oxygens (including phenoxy) is 1. The Morgan fingerprint density at radius 3 is 2.48 bits per heavy atom. The molecule has 0 saturated carbocycles. The average molecular weight is 305 g/mol. The summed E-state index contributed by atoms with van der Waals surface area (Å²) in [5, 5.41) is 0. The molecule has 1 aromatic heterocycles. The monoisotopic (exact) mass is 305 g/mol. The Hall–Kier alpha value is -1.79. The van der Waals surface area contributed by atoms with Crippen molar-refractivity contribution in [2.75, 3.05) is 6.61 Å². The molecule has 0 aliphatic rings. The van der Waals surface area contributed by atoms with E-state index in [1.807, 2.05) is 0 Å². The standard InChI is InChI=1S/C14H18F3NO3/c1-4-21-13(20)12-9(2)8-11(19)18(10(12)3)7-5-6-14(15,16)17/h8H,4-7H2,1-3H3. The lowest BCUT2D eigenvalue weighted by Gasteiger charge is -2.16. The summed E-state index contributed by atoms with van der Waals surface area (Å²) in [6, 6.07) is 1.24. The van der Waals surface area contributed by atoms with Gasteiger partial charge in [-0.25, -0.2) is 4.79 Å². The van der Waals surface area contributed by atoms with Gasteiger partial charge in [0.05, 0.1) is 12.2 Å². The molecule has 0 aliphatic heterocycles. The molecule has 0 amide bonds. The summed E-state index contributed by atoms with van der Waals surface area (Å²) in [4.78, 5) is 23.7. The molecule has 1 rings (SSSR count). The Balaban J connectivity index is 3.07. The van der Waals surface area contributed by atoms with Crippen LogP contribution in [0.3, 0.4) is 0 Å². The molecule has 7 heteroatoms. The number of alkyl halides is 3. The summed E-state index contributed by atoms with van der Waals surface area (Å²) in [6.07, 6.45) is -5.44. The summed E-state index contributed by atoms with van der Waals surface area (Å²) < 4.78 is 42.6. The molecular formula is C14H18F3NO3. The molecule has 0 N–H and O–H groups in total. The first-order valence-corrected chi connectivity index (χ1v) is 6.62. The van der Waals surface area contributed by atoms with E-state index in [4.69, 9.17) is 4.74 Å². The molecule has 118 valence electrons. The van der Waals surface area contributed by atoms with Gasteiger partial charge in [0.25, 0.3) is 5.56 Å². The number of halogens is 3. The van der Waals surface area contributed by atoms with Crippen LogP contribution in [0.2, 0.25) is 0 Å². The lowest BCUT2D eigenvalue weighted by Crippen LogP contribution is -2.26. The average Bonchev–Trinajstić information content (AvgIpc) is 2.32. The van der Waals surface area contributed by atoms with Crippen LogP contribution in [0.15, 0.2) is 10.9 Å². The van der Waals surface area contributed by atoms with Crippen molar-refractivity contribution in [1.29, 1.82) is 0 Å². The fourth-order valence-electron chi connectivity index (χ4n) is 2.15. The van der Waals surface area contributed by atoms with Crippen LogP contribution < -0.4 is 5.56 Å². The smallest absolute Gasteiger partial charge is 0.389 e. The largest absolute Gasteiger partial charge is 0.462 e. The third-order valence-corrected chi connectivity index (χ3v) is 3.09. The van der Waals surface area contributed by atoms with E-state index in [2.05, 4.69) is 0 Å². The zero-order chi connectivity index (χ0) is 16.2. The van der Waals surface area contributed by atoms with Gasteiger partial charge in [-0.15, -0.1) is 0 Å². The highest BCUT2D eigenvalue weighted by molar-refractivity contribution is 5.92. The highest BCUT2D eigenvalue weighted by Crippen LogP contribution is 2.22. The van der Waals surface area contributed by atoms with Crippen molar-refractivity contribution in [3.8, 4) is 0 Å². The van der Waals surface area contributed by atoms with Gasteiger partial charge < -0.3 is 9.30 Å². The first-order valence-electron chi connectivity index (χ1n) is 6.62. The summed E-state index contributed by atoms with van der Waals surface area (Å²) in [5.74, 6) is -0.572. The van der Waals surface area contributed by atoms with Gasteiger partial charge in [-0.05, 0) is 32.8 Å². The van der Waals surface area contributed by atoms with Gasteiger partial charge in [0.15, 0.2) is 0 Å². The molecule has 0 aliphatic carbocycles. The Morgan fingerprint density at radius 1 is 1.33 bits per heavy atom. The molecule has 0 unspecified atom stereocenters. The summed E-state index contributed by atoms with van der Waals surface area (Å²) in [5.41, 5.74) is 0.618. The van der Waals surface area contributed by atoms with E-state index >= 15 is 0 Å². The molecule has 0 saturated heterocycles. The second-order valence-corrected chi connectivity index (χ2v) is 4.72. The number of carbonyl (C=O) groups is 1. The van der Waals surface area contributed by atoms with Crippen LogP contribution in [-0.4, -0.2) is 23.3 Å². The summed E-state index contributed by atoms with van der Waals surface area (Å²) >= 11 is 0. The first-order chi connectivity index (χ1) is 9.67. The Kier molecular flexibility index (Phi) is 5.57. The summed E-state index contributed by atoms with van der Waals surface area (Å²) in [7, 11) is 0. The minimum Gasteiger partial charge on any atom is -0.462 e. The van der Waals surface area contributed by atoms with Crippen LogP contribution in [0.25, 0.3) is 0 Å². The fraction of sp³-hybridized carbons (Fsp3) is 0.571. The molecule has 0 radical (unpaired) electrons. The van der Waals surface area contributed by atoms with Crippen molar-refractivity contribution in [3.63, 3.8) is 0 Å². The van der Waals surface area contributed by atoms with Gasteiger partial charge in [0, 0.05) is 24.7 Å². The second kappa shape index (κ2) is 6.78. The van der Waals surface area contributed by atoms with Gasteiger partial charge in [-0.1, -0.05) is 0 Å². The van der Waals surface area contributed by atoms with E-state index in [1.165, 1.54) is 17.6 Å². The van der Waals surface area contributed by atoms with Crippen molar-refractivity contribution in [3.05, 3.63) is 33.2 Å². The van der Waals surface area contributed by atoms with Crippen LogP contribution in [0.4, 0.5) is 13.2 Å². The Bertz CT molecular complexity index is 576. The van der Waals surface area contributed by atoms with Crippen LogP contribution >= 0.6 is 0 Å². The van der Waals surface area contributed by atoms with E-state index in [-0.39, 0.29) is 25.1 Å². The minimum atomic E-state index is -4.26. The summed E-state index contributed by atoms with van der Waals surface area (Å²) in [6.45, 7) is 4.89. The third kappa shape index (κ3) is 4.61. The van der Waals surface area contributed by atoms with Gasteiger partial charge in [-0.3, -0.25) is 4.79 Å². The predicted octanol–water partition coefficient (Wildman–Crippen LogP) is 2.98. The normalized spacial score (nSPS) is 11.5. The molecule has 0 fully saturated rings. The molecule has 1 aromatic rings. The number of hydrogen-bond donors (Lipinski definition) is 0. The lowest BCUT2D eigenvalue weighted by molar-refractivity contribution is -0.135. The first kappa shape index (κ1) is 17.3. The van der Waals surface area contributed by atoms with Crippen molar-refractivity contribution < 1.29 is 22.7 Å². The zero-order valence-corrected chi connectivity index (χ0v) is 12.2. The number of esters is 1. The SMILES string of the molecule is CCOC(=O)c1c(C)cc(=O)n(CCCC(F)(F)F)c1C. The van der Waals surface area contributed by atoms with Crippen molar-refractivity contribution >= 4 is 5.97 Å². The maximum atomic E-state index is 12.2. The molecule has 0 aromatic carbocycles. The molecule has 4 nitrogen and oxygen atoms in total. The molecule has 21 heavy (non-hydrogen) atoms. The van der Waals surface area contributed by atoms with Crippen molar-refractivity contribution in [2.45, 2.75) is 46.3 Å². The predicted molar refractivity (Wildman–Crippen MR) is 71.4 cm³/mol. The number of nitrogens with zero attached hydrogens (tertiary/aromatic N) is 1. The quantitative estimate of drug-likeness (QED) is 0.786. The van der Waals surface area contributed by atoms with E-state index < -0.39 is 24.1 Å². The van der Waals surface area contributed by atoms with Crippen molar-refractivity contribution in [1.82, 2.24) is 4.57 Å². The van der Waals surface area contributed by atoms with Gasteiger partial charge in [0.1, 0.15) is 0 Å². The van der Waals surface area contributed by atoms with Gasteiger partial charge >= 0.3 is 12.1 Å². The lowest BCUT2D eigenvalue weighted by atomic mass is 10.1. The van der Waals surface area contributed by atoms with Crippen LogP contribution in [-0.2, 0) is 11.3 Å². The highest BCUT2D eigenvalue weighted by Gasteiger charge is 2.26. The van der Waals surface area contributed by atoms with Crippen LogP contribution in [0, 0.1) is 13.8 Å². The van der Waals surface area contributed by atoms with Crippen molar-refractivity contribution in [2.24, 2.45) is 0 Å². The Morgan fingerprint density at radius 2 is 1.95 bits per heavy atom.